The van der Waals surface area contributed by atoms with E-state index in [9.17, 15) is 27.6 Å². The molecule has 226 valence electrons. The summed E-state index contributed by atoms with van der Waals surface area (Å²) in [6.07, 6.45) is 0. The lowest BCUT2D eigenvalue weighted by Gasteiger charge is -2.31. The highest BCUT2D eigenvalue weighted by atomic mass is 32.2. The fourth-order valence-corrected chi connectivity index (χ4v) is 8.79. The van der Waals surface area contributed by atoms with Gasteiger partial charge in [0, 0.05) is 36.3 Å². The average Bonchev–Trinajstić information content (AvgIpc) is 3.43. The first-order valence-corrected chi connectivity index (χ1v) is 16.7. The number of amides is 3. The summed E-state index contributed by atoms with van der Waals surface area (Å²) in [5.41, 5.74) is 2.54. The molecule has 2 aliphatic rings. The molecule has 11 nitrogen and oxygen atoms in total. The van der Waals surface area contributed by atoms with Crippen molar-refractivity contribution >= 4 is 67.9 Å². The highest BCUT2D eigenvalue weighted by Crippen LogP contribution is 2.54. The number of anilines is 3. The van der Waals surface area contributed by atoms with Crippen LogP contribution in [-0.4, -0.2) is 50.1 Å². The summed E-state index contributed by atoms with van der Waals surface area (Å²) in [6, 6.07) is 21.8. The minimum atomic E-state index is -3.89. The van der Waals surface area contributed by atoms with E-state index in [0.717, 1.165) is 34.3 Å². The number of sulfonamides is 1. The third-order valence-corrected chi connectivity index (χ3v) is 11.1. The molecule has 44 heavy (non-hydrogen) atoms. The number of hydrogen-bond donors (Lipinski definition) is 2. The molecule has 3 atom stereocenters. The van der Waals surface area contributed by atoms with Crippen LogP contribution in [0.3, 0.4) is 0 Å². The highest BCUT2D eigenvalue weighted by Gasteiger charge is 2.56. The Morgan fingerprint density at radius 1 is 0.932 bits per heavy atom. The van der Waals surface area contributed by atoms with E-state index in [0.29, 0.717) is 21.3 Å². The molecule has 0 bridgehead atoms. The lowest BCUT2D eigenvalue weighted by atomic mass is 9.83. The summed E-state index contributed by atoms with van der Waals surface area (Å²) in [7, 11) is -0.0555. The molecule has 0 radical (unpaired) electrons. The van der Waals surface area contributed by atoms with Crippen LogP contribution in [-0.2, 0) is 31.0 Å². The number of carbonyl (C=O) groups is 3. The number of nitrogens with two attached hydrogens (primary N) is 1. The van der Waals surface area contributed by atoms with Crippen LogP contribution in [0.5, 0.6) is 0 Å². The van der Waals surface area contributed by atoms with Crippen LogP contribution < -0.4 is 25.1 Å². The summed E-state index contributed by atoms with van der Waals surface area (Å²) in [5, 5.41) is 7.48. The Labute approximate surface area is 261 Å². The minimum Gasteiger partial charge on any atom is -0.378 e. The van der Waals surface area contributed by atoms with Crippen LogP contribution in [0.25, 0.3) is 0 Å². The monoisotopic (exact) mass is 649 g/mol. The van der Waals surface area contributed by atoms with E-state index >= 15 is 0 Å². The van der Waals surface area contributed by atoms with Crippen LogP contribution in [0.2, 0.25) is 0 Å². The molecule has 6 rings (SSSR count). The number of para-hydroxylation sites is 1. The fourth-order valence-electron chi connectivity index (χ4n) is 5.50. The van der Waals surface area contributed by atoms with Gasteiger partial charge in [-0.25, -0.2) is 18.5 Å². The van der Waals surface area contributed by atoms with Gasteiger partial charge in [-0.2, -0.15) is 0 Å². The van der Waals surface area contributed by atoms with E-state index in [4.69, 9.17) is 5.14 Å². The number of nitrogens with one attached hydrogen (secondary N) is 1. The zero-order valence-electron chi connectivity index (χ0n) is 23.5. The molecule has 2 unspecified atom stereocenters. The molecule has 4 aromatic rings. The molecule has 0 saturated carbocycles. The van der Waals surface area contributed by atoms with Gasteiger partial charge in [-0.15, -0.1) is 0 Å². The van der Waals surface area contributed by atoms with E-state index in [-0.39, 0.29) is 23.3 Å². The number of thiazole rings is 1. The molecule has 1 aromatic heterocycles. The number of thioether (sulfide) groups is 1. The van der Waals surface area contributed by atoms with Crippen molar-refractivity contribution in [3.63, 3.8) is 0 Å². The molecule has 3 aromatic carbocycles. The van der Waals surface area contributed by atoms with Gasteiger partial charge in [0.05, 0.1) is 21.5 Å². The van der Waals surface area contributed by atoms with Crippen molar-refractivity contribution in [3.8, 4) is 0 Å². The Morgan fingerprint density at radius 3 is 2.20 bits per heavy atom. The Bertz CT molecular complexity index is 1940. The zero-order chi connectivity index (χ0) is 31.3. The Hall–Kier alpha value is -4.24. The largest absolute Gasteiger partial charge is 0.378 e. The van der Waals surface area contributed by atoms with Gasteiger partial charge in [0.25, 0.3) is 0 Å². The number of primary sulfonamides is 1. The number of benzene rings is 3. The highest BCUT2D eigenvalue weighted by molar-refractivity contribution is 8.00. The van der Waals surface area contributed by atoms with Crippen molar-refractivity contribution in [1.29, 1.82) is 0 Å². The van der Waals surface area contributed by atoms with Gasteiger partial charge >= 0.3 is 4.87 Å². The molecule has 1 fully saturated rings. The van der Waals surface area contributed by atoms with Crippen molar-refractivity contribution in [2.24, 2.45) is 11.1 Å². The topological polar surface area (TPSA) is 152 Å². The summed E-state index contributed by atoms with van der Waals surface area (Å²) in [6.45, 7) is -0.344. The third-order valence-electron chi connectivity index (χ3n) is 7.60. The van der Waals surface area contributed by atoms with Crippen molar-refractivity contribution in [1.82, 2.24) is 4.57 Å². The summed E-state index contributed by atoms with van der Waals surface area (Å²) < 4.78 is 24.4. The SMILES string of the molecule is CN(C)c1ccc([C@H]2c3sc(=O)n(CC(=O)Nc4ccc(S(N)(=O)=O)cc4)c3SC3C(=O)N(c4ccccc4)C(=O)C32)cc1. The van der Waals surface area contributed by atoms with Crippen LogP contribution in [0.1, 0.15) is 16.4 Å². The Kier molecular flexibility index (Phi) is 7.70. The molecule has 3 amide bonds. The zero-order valence-corrected chi connectivity index (χ0v) is 26.0. The van der Waals surface area contributed by atoms with Crippen LogP contribution in [0.4, 0.5) is 17.1 Å². The van der Waals surface area contributed by atoms with E-state index in [1.165, 1.54) is 33.7 Å². The molecule has 0 spiro atoms. The second-order valence-corrected chi connectivity index (χ2v) is 14.3. The maximum absolute atomic E-state index is 14.0. The molecular weight excluding hydrogens is 623 g/mol. The second kappa shape index (κ2) is 11.4. The summed E-state index contributed by atoms with van der Waals surface area (Å²) in [5.74, 6) is -2.56. The van der Waals surface area contributed by atoms with Gasteiger partial charge < -0.3 is 10.2 Å². The molecule has 3 heterocycles. The smallest absolute Gasteiger partial charge is 0.308 e. The maximum Gasteiger partial charge on any atom is 0.308 e. The Morgan fingerprint density at radius 2 is 1.59 bits per heavy atom. The number of rotatable bonds is 7. The number of fused-ring (bicyclic) bond motifs is 2. The van der Waals surface area contributed by atoms with E-state index in [1.807, 2.05) is 43.3 Å². The number of carbonyl (C=O) groups excluding carboxylic acids is 3. The van der Waals surface area contributed by atoms with Crippen LogP contribution >= 0.6 is 23.1 Å². The number of nitrogens with zero attached hydrogens (tertiary/aromatic N) is 3. The first-order chi connectivity index (χ1) is 20.9. The van der Waals surface area contributed by atoms with Gasteiger partial charge in [0.2, 0.25) is 27.7 Å². The number of imide groups is 1. The minimum absolute atomic E-state index is 0.102. The van der Waals surface area contributed by atoms with Crippen molar-refractivity contribution in [2.75, 3.05) is 29.2 Å². The Balaban J connectivity index is 1.37. The first kappa shape index (κ1) is 29.8. The average molecular weight is 650 g/mol. The van der Waals surface area contributed by atoms with Gasteiger partial charge in [-0.3, -0.25) is 23.7 Å². The quantitative estimate of drug-likeness (QED) is 0.290. The van der Waals surface area contributed by atoms with Gasteiger partial charge in [-0.1, -0.05) is 53.4 Å². The summed E-state index contributed by atoms with van der Waals surface area (Å²) in [4.78, 5) is 57.5. The standard InChI is InChI=1S/C30H27N5O6S3/c1-33(2)19-12-8-17(9-13-19)23-24-25(28(38)35(27(24)37)20-6-4-3-5-7-20)42-29-26(23)43-30(39)34(29)16-22(36)32-18-10-14-21(15-11-18)44(31,40)41/h3-15,23-25H,16H2,1-2H3,(H,32,36)(H2,31,40,41)/t23-,24?,25?/m1/s1. The summed E-state index contributed by atoms with van der Waals surface area (Å²) >= 11 is 2.10. The predicted molar refractivity (Wildman–Crippen MR) is 170 cm³/mol. The van der Waals surface area contributed by atoms with Crippen molar-refractivity contribution in [2.45, 2.75) is 27.6 Å². The lowest BCUT2D eigenvalue weighted by Crippen LogP contribution is -2.33. The second-order valence-electron chi connectivity index (χ2n) is 10.6. The van der Waals surface area contributed by atoms with Crippen molar-refractivity contribution in [3.05, 3.63) is 99.0 Å². The molecule has 14 heteroatoms. The van der Waals surface area contributed by atoms with Crippen LogP contribution in [0.15, 0.2) is 93.6 Å². The van der Waals surface area contributed by atoms with Gasteiger partial charge in [-0.05, 0) is 54.1 Å². The van der Waals surface area contributed by atoms with Crippen molar-refractivity contribution < 1.29 is 22.8 Å². The van der Waals surface area contributed by atoms with Gasteiger partial charge in [0.15, 0.2) is 0 Å². The molecule has 2 aliphatic heterocycles. The van der Waals surface area contributed by atoms with Crippen LogP contribution in [0, 0.1) is 5.92 Å². The van der Waals surface area contributed by atoms with E-state index < -0.39 is 37.9 Å². The maximum atomic E-state index is 14.0. The molecule has 3 N–H and O–H groups in total. The third kappa shape index (κ3) is 5.34. The molecule has 0 aliphatic carbocycles. The van der Waals surface area contributed by atoms with Gasteiger partial charge in [0.1, 0.15) is 11.8 Å². The van der Waals surface area contributed by atoms with E-state index in [2.05, 4.69) is 5.32 Å². The van der Waals surface area contributed by atoms with E-state index in [1.54, 1.807) is 30.3 Å². The number of aromatic nitrogens is 1. The number of hydrogen-bond acceptors (Lipinski definition) is 9. The first-order valence-electron chi connectivity index (χ1n) is 13.5. The normalized spacial score (nSPS) is 19.4. The fraction of sp³-hybridized carbons (Fsp3) is 0.200. The molecular formula is C30H27N5O6S3. The predicted octanol–water partition coefficient (Wildman–Crippen LogP) is 3.06. The molecule has 1 saturated heterocycles. The lowest BCUT2D eigenvalue weighted by molar-refractivity contribution is -0.122.